The maximum atomic E-state index is 14.9. The fourth-order valence-corrected chi connectivity index (χ4v) is 7.73. The first-order valence-electron chi connectivity index (χ1n) is 16.2. The minimum absolute atomic E-state index is 0.104. The number of anilines is 1. The highest BCUT2D eigenvalue weighted by Crippen LogP contribution is 2.56. The topological polar surface area (TPSA) is 117 Å². The summed E-state index contributed by atoms with van der Waals surface area (Å²) in [6, 6.07) is 13.7. The number of fused-ring (bicyclic) bond motifs is 2. The molecule has 4 aliphatic heterocycles. The number of halogens is 1. The standard InChI is InChI=1S/C36H40ClN3O7/c1-4-24(21-41)40-32-34(44)39(26-16-11-10-15-25(26)37)20-12-6-9-17-28(42)38(3)22(2)31(23-13-7-5-8-14-23)46-35(45)29-27-18-19-36(32,47-27)30(29)33(40)43/h5-8,10-16,18-19,22,24,27,29-32,41H,4,9,17,20-21H2,1-3H3/b12-6-/t22-,24-,27+,29-,30-,31+,32+,36-/m0/s1. The van der Waals surface area contributed by atoms with Gasteiger partial charge in [-0.05, 0) is 37.5 Å². The van der Waals surface area contributed by atoms with E-state index in [2.05, 4.69) is 0 Å². The third-order valence-corrected chi connectivity index (χ3v) is 10.4. The van der Waals surface area contributed by atoms with Gasteiger partial charge in [-0.3, -0.25) is 19.2 Å². The van der Waals surface area contributed by atoms with Crippen LogP contribution in [-0.4, -0.2) is 88.6 Å². The molecule has 0 saturated carbocycles. The lowest BCUT2D eigenvalue weighted by atomic mass is 9.74. The Hall–Kier alpha value is -3.99. The number of amides is 3. The van der Waals surface area contributed by atoms with E-state index in [1.807, 2.05) is 50.3 Å². The summed E-state index contributed by atoms with van der Waals surface area (Å²) >= 11 is 6.63. The van der Waals surface area contributed by atoms with Crippen LogP contribution in [0.25, 0.3) is 0 Å². The summed E-state index contributed by atoms with van der Waals surface area (Å²) in [5.41, 5.74) is -0.328. The predicted octanol–water partition coefficient (Wildman–Crippen LogP) is 4.08. The first-order valence-corrected chi connectivity index (χ1v) is 16.5. The van der Waals surface area contributed by atoms with Crippen LogP contribution in [0.5, 0.6) is 0 Å². The Bertz CT molecular complexity index is 1590. The summed E-state index contributed by atoms with van der Waals surface area (Å²) in [6.07, 6.45) is 6.46. The van der Waals surface area contributed by atoms with E-state index in [1.54, 1.807) is 54.4 Å². The Morgan fingerprint density at radius 3 is 2.45 bits per heavy atom. The molecule has 1 spiro atoms. The van der Waals surface area contributed by atoms with Gasteiger partial charge in [0.05, 0.1) is 41.4 Å². The number of likely N-dealkylation sites (N-methyl/N-ethyl adjacent to an activating group) is 1. The lowest BCUT2D eigenvalue weighted by Gasteiger charge is -2.38. The first-order chi connectivity index (χ1) is 22.6. The maximum Gasteiger partial charge on any atom is 0.313 e. The van der Waals surface area contributed by atoms with Crippen LogP contribution in [0.15, 0.2) is 78.9 Å². The Balaban J connectivity index is 1.49. The SMILES string of the molecule is CC[C@@H](CO)N1C(=O)[C@@H]2[C@H]3C(=O)O[C@@H](c4ccccc4)[C@H](C)N(C)C(=O)CC/C=C\CN(c4ccccc4Cl)C(=O)[C@@H]1[C@]21C=C[C@H]3O1. The van der Waals surface area contributed by atoms with Crippen LogP contribution in [0.4, 0.5) is 5.69 Å². The van der Waals surface area contributed by atoms with Crippen LogP contribution in [-0.2, 0) is 28.7 Å². The summed E-state index contributed by atoms with van der Waals surface area (Å²) in [6.45, 7) is 3.39. The normalized spacial score (nSPS) is 32.5. The molecule has 5 bridgehead atoms. The van der Waals surface area contributed by atoms with Crippen molar-refractivity contribution in [2.75, 3.05) is 25.1 Å². The molecule has 4 aliphatic rings. The van der Waals surface area contributed by atoms with Crippen LogP contribution in [0.2, 0.25) is 5.02 Å². The van der Waals surface area contributed by atoms with Gasteiger partial charge < -0.3 is 29.3 Å². The molecule has 0 aromatic heterocycles. The lowest BCUT2D eigenvalue weighted by molar-refractivity contribution is -0.164. The van der Waals surface area contributed by atoms with Gasteiger partial charge in [0.1, 0.15) is 23.7 Å². The molecule has 0 aliphatic carbocycles. The second kappa shape index (κ2) is 13.3. The van der Waals surface area contributed by atoms with Crippen LogP contribution in [0, 0.1) is 11.8 Å². The first kappa shape index (κ1) is 32.9. The molecular formula is C36H40ClN3O7. The van der Waals surface area contributed by atoms with E-state index in [1.165, 1.54) is 9.80 Å². The molecule has 2 fully saturated rings. The Morgan fingerprint density at radius 2 is 1.74 bits per heavy atom. The van der Waals surface area contributed by atoms with E-state index in [9.17, 15) is 24.3 Å². The summed E-state index contributed by atoms with van der Waals surface area (Å²) in [5, 5.41) is 10.8. The van der Waals surface area contributed by atoms with E-state index in [-0.39, 0.29) is 25.5 Å². The molecule has 6 rings (SSSR count). The fraction of sp³-hybridized carbons (Fsp3) is 0.444. The molecule has 2 aromatic rings. The molecule has 10 nitrogen and oxygen atoms in total. The smallest absolute Gasteiger partial charge is 0.313 e. The summed E-state index contributed by atoms with van der Waals surface area (Å²) in [7, 11) is 1.69. The number of para-hydroxylation sites is 1. The molecule has 0 unspecified atom stereocenters. The van der Waals surface area contributed by atoms with Crippen molar-refractivity contribution < 1.29 is 33.8 Å². The average molecular weight is 662 g/mol. The third-order valence-electron chi connectivity index (χ3n) is 10.1. The molecule has 2 aromatic carbocycles. The molecule has 1 N–H and O–H groups in total. The average Bonchev–Trinajstić information content (AvgIpc) is 3.73. The number of carbonyl (C=O) groups excluding carboxylic acids is 4. The molecule has 47 heavy (non-hydrogen) atoms. The van der Waals surface area contributed by atoms with E-state index in [0.717, 1.165) is 0 Å². The third kappa shape index (κ3) is 5.56. The largest absolute Gasteiger partial charge is 0.455 e. The molecule has 3 amide bonds. The number of cyclic esters (lactones) is 1. The quantitative estimate of drug-likeness (QED) is 0.379. The summed E-state index contributed by atoms with van der Waals surface area (Å²) in [5.74, 6) is -3.81. The highest BCUT2D eigenvalue weighted by atomic mass is 35.5. The maximum absolute atomic E-state index is 14.9. The minimum atomic E-state index is -1.47. The molecule has 4 heterocycles. The number of ether oxygens (including phenoxy) is 2. The second-order valence-corrected chi connectivity index (χ2v) is 13.0. The van der Waals surface area contributed by atoms with Crippen molar-refractivity contribution in [3.8, 4) is 0 Å². The van der Waals surface area contributed by atoms with Crippen LogP contribution in [0.3, 0.4) is 0 Å². The number of rotatable bonds is 5. The highest BCUT2D eigenvalue weighted by Gasteiger charge is 2.74. The van der Waals surface area contributed by atoms with Crippen molar-refractivity contribution in [3.05, 3.63) is 89.5 Å². The van der Waals surface area contributed by atoms with Gasteiger partial charge in [-0.15, -0.1) is 0 Å². The van der Waals surface area contributed by atoms with Gasteiger partial charge in [-0.2, -0.15) is 0 Å². The number of hydrogen-bond donors (Lipinski definition) is 1. The second-order valence-electron chi connectivity index (χ2n) is 12.6. The number of hydrogen-bond acceptors (Lipinski definition) is 7. The zero-order chi connectivity index (χ0) is 33.5. The van der Waals surface area contributed by atoms with E-state index < -0.39 is 65.6 Å². The molecule has 8 atom stereocenters. The van der Waals surface area contributed by atoms with Gasteiger partial charge in [0.2, 0.25) is 11.8 Å². The summed E-state index contributed by atoms with van der Waals surface area (Å²) in [4.78, 5) is 61.5. The van der Waals surface area contributed by atoms with Gasteiger partial charge >= 0.3 is 5.97 Å². The van der Waals surface area contributed by atoms with Crippen LogP contribution in [0.1, 0.15) is 44.8 Å². The van der Waals surface area contributed by atoms with Crippen molar-refractivity contribution in [1.82, 2.24) is 9.80 Å². The Morgan fingerprint density at radius 1 is 1.02 bits per heavy atom. The van der Waals surface area contributed by atoms with Crippen molar-refractivity contribution in [2.45, 2.75) is 69.0 Å². The van der Waals surface area contributed by atoms with Crippen LogP contribution >= 0.6 is 11.6 Å². The zero-order valence-corrected chi connectivity index (χ0v) is 27.5. The molecular weight excluding hydrogens is 622 g/mol. The van der Waals surface area contributed by atoms with Crippen molar-refractivity contribution in [3.63, 3.8) is 0 Å². The fourth-order valence-electron chi connectivity index (χ4n) is 7.49. The molecule has 2 saturated heterocycles. The van der Waals surface area contributed by atoms with Gasteiger partial charge in [0, 0.05) is 20.0 Å². The Labute approximate surface area is 279 Å². The van der Waals surface area contributed by atoms with Crippen molar-refractivity contribution >= 4 is 41.0 Å². The van der Waals surface area contributed by atoms with E-state index >= 15 is 0 Å². The zero-order valence-electron chi connectivity index (χ0n) is 26.7. The number of likely N-dealkylation sites (tertiary alicyclic amines) is 1. The van der Waals surface area contributed by atoms with Gasteiger partial charge in [-0.1, -0.05) is 85.3 Å². The van der Waals surface area contributed by atoms with Crippen molar-refractivity contribution in [1.29, 1.82) is 0 Å². The predicted molar refractivity (Wildman–Crippen MR) is 175 cm³/mol. The number of aliphatic hydroxyl groups is 1. The van der Waals surface area contributed by atoms with Gasteiger partial charge in [0.25, 0.3) is 5.91 Å². The minimum Gasteiger partial charge on any atom is -0.455 e. The van der Waals surface area contributed by atoms with Crippen molar-refractivity contribution in [2.24, 2.45) is 11.8 Å². The van der Waals surface area contributed by atoms with E-state index in [4.69, 9.17) is 21.1 Å². The number of aliphatic hydroxyl groups excluding tert-OH is 1. The van der Waals surface area contributed by atoms with Gasteiger partial charge in [0.15, 0.2) is 0 Å². The monoisotopic (exact) mass is 661 g/mol. The van der Waals surface area contributed by atoms with Crippen LogP contribution < -0.4 is 4.90 Å². The number of esters is 1. The number of allylic oxidation sites excluding steroid dienone is 1. The van der Waals surface area contributed by atoms with E-state index in [0.29, 0.717) is 29.1 Å². The summed E-state index contributed by atoms with van der Waals surface area (Å²) < 4.78 is 12.8. The Kier molecular flexibility index (Phi) is 9.29. The number of benzene rings is 2. The van der Waals surface area contributed by atoms with Gasteiger partial charge in [-0.25, -0.2) is 0 Å². The number of carbonyl (C=O) groups is 4. The lowest BCUT2D eigenvalue weighted by Crippen LogP contribution is -2.58. The number of nitrogens with zero attached hydrogens (tertiary/aromatic N) is 3. The molecule has 248 valence electrons. The molecule has 11 heteroatoms. The molecule has 0 radical (unpaired) electrons. The highest BCUT2D eigenvalue weighted by molar-refractivity contribution is 6.34.